The van der Waals surface area contributed by atoms with Crippen molar-refractivity contribution in [2.45, 2.75) is 20.1 Å². The molecule has 0 saturated carbocycles. The first-order chi connectivity index (χ1) is 4.26. The SMILES string of the molecule is CCN(CC)C(O)C=O. The van der Waals surface area contributed by atoms with E-state index in [4.69, 9.17) is 5.11 Å². The smallest absolute Gasteiger partial charge is 0.163 e. The minimum atomic E-state index is -0.917. The lowest BCUT2D eigenvalue weighted by Crippen LogP contribution is -2.35. The van der Waals surface area contributed by atoms with E-state index in [-0.39, 0.29) is 0 Å². The Kier molecular flexibility index (Phi) is 4.26. The van der Waals surface area contributed by atoms with Crippen LogP contribution in [0.25, 0.3) is 0 Å². The summed E-state index contributed by atoms with van der Waals surface area (Å²) < 4.78 is 0. The van der Waals surface area contributed by atoms with Gasteiger partial charge >= 0.3 is 0 Å². The molecule has 0 spiro atoms. The van der Waals surface area contributed by atoms with Gasteiger partial charge in [0.15, 0.2) is 12.5 Å². The van der Waals surface area contributed by atoms with Gasteiger partial charge in [-0.2, -0.15) is 0 Å². The molecule has 0 aliphatic carbocycles. The fourth-order valence-electron chi connectivity index (χ4n) is 0.684. The van der Waals surface area contributed by atoms with Crippen LogP contribution in [-0.4, -0.2) is 35.6 Å². The molecule has 0 amide bonds. The van der Waals surface area contributed by atoms with Crippen molar-refractivity contribution in [3.05, 3.63) is 0 Å². The third kappa shape index (κ3) is 2.58. The number of nitrogens with zero attached hydrogens (tertiary/aromatic N) is 1. The molecule has 0 aromatic rings. The van der Waals surface area contributed by atoms with Crippen molar-refractivity contribution < 1.29 is 9.90 Å². The molecule has 1 N–H and O–H groups in total. The largest absolute Gasteiger partial charge is 0.371 e. The number of aliphatic hydroxyl groups excluding tert-OH is 1. The van der Waals surface area contributed by atoms with Crippen molar-refractivity contribution in [3.8, 4) is 0 Å². The minimum absolute atomic E-state index is 0.535. The zero-order chi connectivity index (χ0) is 7.28. The number of rotatable bonds is 4. The highest BCUT2D eigenvalue weighted by Crippen LogP contribution is 1.89. The van der Waals surface area contributed by atoms with Crippen LogP contribution in [0.1, 0.15) is 13.8 Å². The average Bonchev–Trinajstić information content (AvgIpc) is 1.90. The number of likely N-dealkylation sites (N-methyl/N-ethyl adjacent to an activating group) is 1. The Morgan fingerprint density at radius 2 is 2.00 bits per heavy atom. The van der Waals surface area contributed by atoms with E-state index in [1.807, 2.05) is 13.8 Å². The molecule has 0 fully saturated rings. The Morgan fingerprint density at radius 3 is 2.11 bits per heavy atom. The Morgan fingerprint density at radius 1 is 1.56 bits per heavy atom. The third-order valence-electron chi connectivity index (χ3n) is 1.31. The predicted molar refractivity (Wildman–Crippen MR) is 35.0 cm³/mol. The molecule has 0 radical (unpaired) electrons. The van der Waals surface area contributed by atoms with E-state index < -0.39 is 6.23 Å². The van der Waals surface area contributed by atoms with Crippen LogP contribution in [0, 0.1) is 0 Å². The second-order valence-electron chi connectivity index (χ2n) is 1.77. The summed E-state index contributed by atoms with van der Waals surface area (Å²) in [6, 6.07) is 0. The van der Waals surface area contributed by atoms with Crippen LogP contribution in [-0.2, 0) is 4.79 Å². The van der Waals surface area contributed by atoms with Gasteiger partial charge in [-0.15, -0.1) is 0 Å². The van der Waals surface area contributed by atoms with Gasteiger partial charge in [0.1, 0.15) is 0 Å². The maximum Gasteiger partial charge on any atom is 0.163 e. The lowest BCUT2D eigenvalue weighted by Gasteiger charge is -2.19. The highest BCUT2D eigenvalue weighted by Gasteiger charge is 2.08. The lowest BCUT2D eigenvalue weighted by molar-refractivity contribution is -0.123. The average molecular weight is 131 g/mol. The van der Waals surface area contributed by atoms with Crippen molar-refractivity contribution in [2.24, 2.45) is 0 Å². The molecule has 0 bridgehead atoms. The summed E-state index contributed by atoms with van der Waals surface area (Å²) in [5.74, 6) is 0. The molecule has 9 heavy (non-hydrogen) atoms. The van der Waals surface area contributed by atoms with Gasteiger partial charge in [0.25, 0.3) is 0 Å². The Hall–Kier alpha value is -0.410. The van der Waals surface area contributed by atoms with Crippen molar-refractivity contribution in [3.63, 3.8) is 0 Å². The summed E-state index contributed by atoms with van der Waals surface area (Å²) >= 11 is 0. The summed E-state index contributed by atoms with van der Waals surface area (Å²) in [5.41, 5.74) is 0. The molecule has 1 atom stereocenters. The zero-order valence-corrected chi connectivity index (χ0v) is 5.87. The van der Waals surface area contributed by atoms with Crippen LogP contribution in [0.15, 0.2) is 0 Å². The first-order valence-corrected chi connectivity index (χ1v) is 3.13. The van der Waals surface area contributed by atoms with Crippen LogP contribution >= 0.6 is 0 Å². The summed E-state index contributed by atoms with van der Waals surface area (Å²) in [6.45, 7) is 5.21. The molecular formula is C6H13NO2. The molecule has 3 heteroatoms. The minimum Gasteiger partial charge on any atom is -0.371 e. The van der Waals surface area contributed by atoms with Crippen LogP contribution < -0.4 is 0 Å². The third-order valence-corrected chi connectivity index (χ3v) is 1.31. The van der Waals surface area contributed by atoms with Crippen molar-refractivity contribution in [2.75, 3.05) is 13.1 Å². The maximum atomic E-state index is 9.97. The topological polar surface area (TPSA) is 40.5 Å². The van der Waals surface area contributed by atoms with Gasteiger partial charge in [-0.3, -0.25) is 9.69 Å². The van der Waals surface area contributed by atoms with Gasteiger partial charge in [0.2, 0.25) is 0 Å². The van der Waals surface area contributed by atoms with Gasteiger partial charge in [-0.25, -0.2) is 0 Å². The molecule has 0 rings (SSSR count). The molecule has 0 aliphatic rings. The number of hydrogen-bond acceptors (Lipinski definition) is 3. The summed E-state index contributed by atoms with van der Waals surface area (Å²) in [5, 5.41) is 8.88. The maximum absolute atomic E-state index is 9.97. The van der Waals surface area contributed by atoms with Gasteiger partial charge in [0, 0.05) is 0 Å². The van der Waals surface area contributed by atoms with E-state index in [1.165, 1.54) is 0 Å². The van der Waals surface area contributed by atoms with E-state index in [1.54, 1.807) is 4.90 Å². The molecule has 0 aromatic carbocycles. The number of aldehydes is 1. The summed E-state index contributed by atoms with van der Waals surface area (Å²) in [4.78, 5) is 11.6. The molecule has 0 aromatic heterocycles. The van der Waals surface area contributed by atoms with Crippen molar-refractivity contribution >= 4 is 6.29 Å². The van der Waals surface area contributed by atoms with Crippen LogP contribution in [0.4, 0.5) is 0 Å². The first kappa shape index (κ1) is 8.59. The normalized spacial score (nSPS) is 13.8. The van der Waals surface area contributed by atoms with Crippen molar-refractivity contribution in [1.29, 1.82) is 0 Å². The van der Waals surface area contributed by atoms with Crippen molar-refractivity contribution in [1.82, 2.24) is 4.90 Å². The van der Waals surface area contributed by atoms with E-state index in [0.29, 0.717) is 19.4 Å². The molecule has 3 nitrogen and oxygen atoms in total. The molecule has 1 unspecified atom stereocenters. The highest BCUT2D eigenvalue weighted by molar-refractivity contribution is 5.54. The first-order valence-electron chi connectivity index (χ1n) is 3.13. The Labute approximate surface area is 55.3 Å². The van der Waals surface area contributed by atoms with E-state index in [0.717, 1.165) is 0 Å². The highest BCUT2D eigenvalue weighted by atomic mass is 16.3. The molecule has 54 valence electrons. The van der Waals surface area contributed by atoms with Gasteiger partial charge in [0.05, 0.1) is 0 Å². The number of aliphatic hydroxyl groups is 1. The van der Waals surface area contributed by atoms with Gasteiger partial charge in [-0.05, 0) is 13.1 Å². The molecule has 0 saturated heterocycles. The standard InChI is InChI=1S/C6H13NO2/c1-3-7(4-2)6(9)5-8/h5-6,9H,3-4H2,1-2H3. The van der Waals surface area contributed by atoms with E-state index >= 15 is 0 Å². The molecule has 0 heterocycles. The number of carbonyl (C=O) groups excluding carboxylic acids is 1. The number of hydrogen-bond donors (Lipinski definition) is 1. The summed E-state index contributed by atoms with van der Waals surface area (Å²) in [7, 11) is 0. The fraction of sp³-hybridized carbons (Fsp3) is 0.833. The monoisotopic (exact) mass is 131 g/mol. The van der Waals surface area contributed by atoms with Gasteiger partial charge in [-0.1, -0.05) is 13.8 Å². The zero-order valence-electron chi connectivity index (χ0n) is 5.87. The Balaban J connectivity index is 3.63. The van der Waals surface area contributed by atoms with Crippen LogP contribution in [0.5, 0.6) is 0 Å². The molecular weight excluding hydrogens is 118 g/mol. The number of carbonyl (C=O) groups is 1. The molecule has 0 aliphatic heterocycles. The Bertz CT molecular complexity index is 81.1. The van der Waals surface area contributed by atoms with Gasteiger partial charge < -0.3 is 5.11 Å². The fourth-order valence-corrected chi connectivity index (χ4v) is 0.684. The summed E-state index contributed by atoms with van der Waals surface area (Å²) in [6.07, 6.45) is -0.382. The van der Waals surface area contributed by atoms with Crippen LogP contribution in [0.2, 0.25) is 0 Å². The second-order valence-corrected chi connectivity index (χ2v) is 1.77. The lowest BCUT2D eigenvalue weighted by atomic mass is 10.4. The quantitative estimate of drug-likeness (QED) is 0.426. The second kappa shape index (κ2) is 4.47. The predicted octanol–water partition coefficient (Wildman–Crippen LogP) is -0.155. The van der Waals surface area contributed by atoms with E-state index in [9.17, 15) is 4.79 Å². The van der Waals surface area contributed by atoms with E-state index in [2.05, 4.69) is 0 Å². The van der Waals surface area contributed by atoms with Crippen LogP contribution in [0.3, 0.4) is 0 Å².